The van der Waals surface area contributed by atoms with E-state index < -0.39 is 17.8 Å². The normalized spacial score (nSPS) is 16.9. The molecule has 0 aliphatic heterocycles. The van der Waals surface area contributed by atoms with Gasteiger partial charge in [0.05, 0.1) is 6.07 Å². The first-order chi connectivity index (χ1) is 8.25. The van der Waals surface area contributed by atoms with Crippen molar-refractivity contribution in [1.29, 1.82) is 5.26 Å². The lowest BCUT2D eigenvalue weighted by molar-refractivity contribution is -0.214. The van der Waals surface area contributed by atoms with Gasteiger partial charge < -0.3 is 4.74 Å². The second-order valence-electron chi connectivity index (χ2n) is 4.53. The fraction of sp³-hybridized carbons (Fsp3) is 0.917. The van der Waals surface area contributed by atoms with Crippen LogP contribution in [0.1, 0.15) is 40.0 Å². The Morgan fingerprint density at radius 3 is 2.44 bits per heavy atom. The fourth-order valence-electron chi connectivity index (χ4n) is 1.37. The molecule has 0 rings (SSSR count). The number of ether oxygens (including phenoxy) is 1. The lowest BCUT2D eigenvalue weighted by atomic mass is 9.98. The Balaban J connectivity index is 3.92. The maximum Gasteiger partial charge on any atom is 0.414 e. The first-order valence-corrected chi connectivity index (χ1v) is 6.10. The Morgan fingerprint density at radius 2 is 2.00 bits per heavy atom. The molecule has 0 bridgehead atoms. The van der Waals surface area contributed by atoms with E-state index in [4.69, 9.17) is 5.26 Å². The van der Waals surface area contributed by atoms with Crippen LogP contribution in [0.2, 0.25) is 0 Å². The molecule has 0 aliphatic carbocycles. The van der Waals surface area contributed by atoms with Gasteiger partial charge >= 0.3 is 6.18 Å². The SMILES string of the molecule is CCCNC(C)(C#N)CCCOC(C)C(F)(F)F. The molecule has 0 aromatic heterocycles. The Kier molecular flexibility index (Phi) is 7.26. The number of hydrogen-bond donors (Lipinski definition) is 1. The van der Waals surface area contributed by atoms with Gasteiger partial charge in [-0.25, -0.2) is 0 Å². The summed E-state index contributed by atoms with van der Waals surface area (Å²) < 4.78 is 41.1. The highest BCUT2D eigenvalue weighted by Gasteiger charge is 2.36. The molecule has 0 spiro atoms. The number of nitrogens with zero attached hydrogens (tertiary/aromatic N) is 1. The summed E-state index contributed by atoms with van der Waals surface area (Å²) in [5, 5.41) is 12.1. The standard InChI is InChI=1S/C12H21F3N2O/c1-4-7-17-11(3,9-16)6-5-8-18-10(2)12(13,14)15/h10,17H,4-8H2,1-3H3. The van der Waals surface area contributed by atoms with Crippen LogP contribution in [0.25, 0.3) is 0 Å². The van der Waals surface area contributed by atoms with Crippen LogP contribution in [-0.2, 0) is 4.74 Å². The Hall–Kier alpha value is -0.800. The molecule has 106 valence electrons. The Bertz CT molecular complexity index is 275. The van der Waals surface area contributed by atoms with Crippen LogP contribution >= 0.6 is 0 Å². The topological polar surface area (TPSA) is 45.0 Å². The molecule has 0 saturated carbocycles. The zero-order valence-electron chi connectivity index (χ0n) is 11.1. The van der Waals surface area contributed by atoms with Crippen molar-refractivity contribution < 1.29 is 17.9 Å². The van der Waals surface area contributed by atoms with E-state index >= 15 is 0 Å². The van der Waals surface area contributed by atoms with Crippen LogP contribution in [-0.4, -0.2) is 31.0 Å². The van der Waals surface area contributed by atoms with E-state index in [1.165, 1.54) is 0 Å². The summed E-state index contributed by atoms with van der Waals surface area (Å²) in [6.45, 7) is 5.43. The molecule has 0 fully saturated rings. The molecular formula is C12H21F3N2O. The molecule has 3 nitrogen and oxygen atoms in total. The van der Waals surface area contributed by atoms with Gasteiger partial charge in [-0.3, -0.25) is 5.32 Å². The van der Waals surface area contributed by atoms with Crippen LogP contribution in [0, 0.1) is 11.3 Å². The summed E-state index contributed by atoms with van der Waals surface area (Å²) in [4.78, 5) is 0. The van der Waals surface area contributed by atoms with Crippen molar-refractivity contribution in [3.05, 3.63) is 0 Å². The third-order valence-corrected chi connectivity index (χ3v) is 2.66. The molecular weight excluding hydrogens is 245 g/mol. The van der Waals surface area contributed by atoms with Crippen molar-refractivity contribution in [1.82, 2.24) is 5.32 Å². The predicted octanol–water partition coefficient (Wildman–Crippen LogP) is 3.02. The first kappa shape index (κ1) is 17.2. The van der Waals surface area contributed by atoms with Gasteiger partial charge in [0.2, 0.25) is 0 Å². The zero-order valence-corrected chi connectivity index (χ0v) is 11.1. The van der Waals surface area contributed by atoms with Gasteiger partial charge in [0.15, 0.2) is 6.10 Å². The maximum atomic E-state index is 12.2. The third-order valence-electron chi connectivity index (χ3n) is 2.66. The molecule has 2 atom stereocenters. The molecule has 0 aliphatic rings. The van der Waals surface area contributed by atoms with Crippen molar-refractivity contribution >= 4 is 0 Å². The van der Waals surface area contributed by atoms with Gasteiger partial charge in [-0.05, 0) is 39.7 Å². The molecule has 0 amide bonds. The van der Waals surface area contributed by atoms with Crippen molar-refractivity contribution in [2.24, 2.45) is 0 Å². The van der Waals surface area contributed by atoms with Crippen molar-refractivity contribution in [3.63, 3.8) is 0 Å². The average molecular weight is 266 g/mol. The van der Waals surface area contributed by atoms with Crippen LogP contribution in [0.15, 0.2) is 0 Å². The second-order valence-corrected chi connectivity index (χ2v) is 4.53. The van der Waals surface area contributed by atoms with E-state index in [2.05, 4.69) is 16.1 Å². The number of rotatable bonds is 8. The number of nitriles is 1. The summed E-state index contributed by atoms with van der Waals surface area (Å²) in [5.74, 6) is 0. The lowest BCUT2D eigenvalue weighted by Gasteiger charge is -2.23. The lowest BCUT2D eigenvalue weighted by Crippen LogP contribution is -2.41. The number of halogens is 3. The number of alkyl halides is 3. The zero-order chi connectivity index (χ0) is 14.2. The molecule has 18 heavy (non-hydrogen) atoms. The van der Waals surface area contributed by atoms with Crippen LogP contribution in [0.5, 0.6) is 0 Å². The van der Waals surface area contributed by atoms with Crippen LogP contribution < -0.4 is 5.32 Å². The van der Waals surface area contributed by atoms with Crippen molar-refractivity contribution in [2.45, 2.75) is 57.9 Å². The average Bonchev–Trinajstić information content (AvgIpc) is 2.30. The minimum absolute atomic E-state index is 0.00571. The highest BCUT2D eigenvalue weighted by Crippen LogP contribution is 2.22. The van der Waals surface area contributed by atoms with Gasteiger partial charge in [-0.1, -0.05) is 6.92 Å². The highest BCUT2D eigenvalue weighted by atomic mass is 19.4. The molecule has 6 heteroatoms. The molecule has 1 N–H and O–H groups in total. The van der Waals surface area contributed by atoms with Gasteiger partial charge in [-0.15, -0.1) is 0 Å². The summed E-state index contributed by atoms with van der Waals surface area (Å²) >= 11 is 0. The monoisotopic (exact) mass is 266 g/mol. The molecule has 0 saturated heterocycles. The minimum atomic E-state index is -4.32. The van der Waals surface area contributed by atoms with E-state index in [-0.39, 0.29) is 6.61 Å². The fourth-order valence-corrected chi connectivity index (χ4v) is 1.37. The minimum Gasteiger partial charge on any atom is -0.369 e. The molecule has 0 radical (unpaired) electrons. The summed E-state index contributed by atoms with van der Waals surface area (Å²) in [6.07, 6.45) is -4.29. The van der Waals surface area contributed by atoms with E-state index in [9.17, 15) is 13.2 Å². The number of nitrogens with one attached hydrogen (secondary N) is 1. The summed E-state index contributed by atoms with van der Waals surface area (Å²) in [5.41, 5.74) is -0.694. The molecule has 2 unspecified atom stereocenters. The number of hydrogen-bond acceptors (Lipinski definition) is 3. The smallest absolute Gasteiger partial charge is 0.369 e. The first-order valence-electron chi connectivity index (χ1n) is 6.10. The second kappa shape index (κ2) is 7.59. The Morgan fingerprint density at radius 1 is 1.39 bits per heavy atom. The summed E-state index contributed by atoms with van der Waals surface area (Å²) in [6, 6.07) is 2.14. The van der Waals surface area contributed by atoms with E-state index in [1.54, 1.807) is 6.92 Å². The van der Waals surface area contributed by atoms with Gasteiger partial charge in [0, 0.05) is 6.61 Å². The summed E-state index contributed by atoms with van der Waals surface area (Å²) in [7, 11) is 0. The van der Waals surface area contributed by atoms with Crippen molar-refractivity contribution in [3.8, 4) is 6.07 Å². The predicted molar refractivity (Wildman–Crippen MR) is 63.0 cm³/mol. The highest BCUT2D eigenvalue weighted by molar-refractivity contribution is 5.03. The quantitative estimate of drug-likeness (QED) is 0.687. The van der Waals surface area contributed by atoms with Gasteiger partial charge in [0.1, 0.15) is 5.54 Å². The van der Waals surface area contributed by atoms with Gasteiger partial charge in [0.25, 0.3) is 0 Å². The van der Waals surface area contributed by atoms with E-state index in [0.29, 0.717) is 19.4 Å². The van der Waals surface area contributed by atoms with Crippen LogP contribution in [0.4, 0.5) is 13.2 Å². The van der Waals surface area contributed by atoms with Gasteiger partial charge in [-0.2, -0.15) is 18.4 Å². The van der Waals surface area contributed by atoms with Crippen molar-refractivity contribution in [2.75, 3.05) is 13.2 Å². The third kappa shape index (κ3) is 6.82. The largest absolute Gasteiger partial charge is 0.414 e. The van der Waals surface area contributed by atoms with Crippen LogP contribution in [0.3, 0.4) is 0 Å². The molecule has 0 aromatic rings. The van der Waals surface area contributed by atoms with E-state index in [1.807, 2.05) is 6.92 Å². The van der Waals surface area contributed by atoms with E-state index in [0.717, 1.165) is 13.3 Å². The molecule has 0 heterocycles. The molecule has 0 aromatic carbocycles. The maximum absolute atomic E-state index is 12.2. The Labute approximate surface area is 106 Å².